The fourth-order valence-corrected chi connectivity index (χ4v) is 5.71. The molecule has 216 valence electrons. The highest BCUT2D eigenvalue weighted by atomic mass is 32.1. The Kier molecular flexibility index (Phi) is 8.37. The second-order valence-corrected chi connectivity index (χ2v) is 12.3. The summed E-state index contributed by atoms with van der Waals surface area (Å²) in [6.45, 7) is 13.3. The number of nitrogens with zero attached hydrogens (tertiary/aromatic N) is 5. The quantitative estimate of drug-likeness (QED) is 0.480. The molecular formula is C30H37N7O3S. The zero-order valence-electron chi connectivity index (χ0n) is 24.1. The first-order chi connectivity index (χ1) is 19.6. The first-order valence-corrected chi connectivity index (χ1v) is 14.8. The number of carbonyl (C=O) groups excluding carboxylic acids is 3. The van der Waals surface area contributed by atoms with Gasteiger partial charge >= 0.3 is 0 Å². The number of aromatic nitrogens is 2. The van der Waals surface area contributed by atoms with Gasteiger partial charge in [-0.25, -0.2) is 0 Å². The van der Waals surface area contributed by atoms with Crippen molar-refractivity contribution in [2.24, 2.45) is 0 Å². The van der Waals surface area contributed by atoms with E-state index in [0.29, 0.717) is 66.7 Å². The van der Waals surface area contributed by atoms with Crippen molar-refractivity contribution in [2.45, 2.75) is 33.1 Å². The lowest BCUT2D eigenvalue weighted by Crippen LogP contribution is -2.49. The molecule has 2 saturated heterocycles. The third kappa shape index (κ3) is 6.41. The van der Waals surface area contributed by atoms with E-state index in [0.717, 1.165) is 30.3 Å². The number of nitrogens with one attached hydrogen (secondary N) is 2. The topological polar surface area (TPSA) is 111 Å². The number of rotatable bonds is 5. The number of amides is 3. The smallest absolute Gasteiger partial charge is 0.269 e. The van der Waals surface area contributed by atoms with Crippen LogP contribution in [0.1, 0.15) is 62.4 Å². The van der Waals surface area contributed by atoms with Crippen LogP contribution in [0.2, 0.25) is 0 Å². The summed E-state index contributed by atoms with van der Waals surface area (Å²) in [4.78, 5) is 45.9. The maximum atomic E-state index is 13.2. The van der Waals surface area contributed by atoms with E-state index in [4.69, 9.17) is 0 Å². The summed E-state index contributed by atoms with van der Waals surface area (Å²) < 4.78 is 3.89. The van der Waals surface area contributed by atoms with Crippen molar-refractivity contribution in [1.82, 2.24) is 24.7 Å². The molecular weight excluding hydrogens is 538 g/mol. The molecule has 2 aliphatic heterocycles. The molecule has 10 nitrogen and oxygen atoms in total. The van der Waals surface area contributed by atoms with Gasteiger partial charge in [0.05, 0.1) is 17.1 Å². The molecule has 0 unspecified atom stereocenters. The van der Waals surface area contributed by atoms with Crippen LogP contribution in [0.4, 0.5) is 11.4 Å². The third-order valence-electron chi connectivity index (χ3n) is 7.66. The van der Waals surface area contributed by atoms with Gasteiger partial charge in [0.25, 0.3) is 17.7 Å². The second kappa shape index (κ2) is 12.0. The number of piperazine rings is 2. The van der Waals surface area contributed by atoms with Crippen LogP contribution in [-0.4, -0.2) is 89.5 Å². The Bertz CT molecular complexity index is 1420. The van der Waals surface area contributed by atoms with Gasteiger partial charge in [-0.05, 0) is 59.8 Å². The van der Waals surface area contributed by atoms with Gasteiger partial charge in [0.2, 0.25) is 0 Å². The van der Waals surface area contributed by atoms with E-state index in [2.05, 4.69) is 45.9 Å². The predicted molar refractivity (Wildman–Crippen MR) is 161 cm³/mol. The lowest BCUT2D eigenvalue weighted by Gasteiger charge is -2.37. The van der Waals surface area contributed by atoms with Gasteiger partial charge in [0, 0.05) is 63.5 Å². The second-order valence-electron chi connectivity index (χ2n) is 11.5. The molecule has 0 bridgehead atoms. The van der Waals surface area contributed by atoms with Gasteiger partial charge in [0.1, 0.15) is 4.88 Å². The molecule has 1 aromatic heterocycles. The molecule has 0 spiro atoms. The van der Waals surface area contributed by atoms with Crippen molar-refractivity contribution in [2.75, 3.05) is 62.6 Å². The predicted octanol–water partition coefficient (Wildman–Crippen LogP) is 3.40. The van der Waals surface area contributed by atoms with Gasteiger partial charge in [-0.15, -0.1) is 5.10 Å². The fourth-order valence-electron chi connectivity index (χ4n) is 5.16. The van der Waals surface area contributed by atoms with E-state index in [-0.39, 0.29) is 23.1 Å². The Morgan fingerprint density at radius 1 is 0.854 bits per heavy atom. The van der Waals surface area contributed by atoms with Crippen molar-refractivity contribution in [1.29, 1.82) is 0 Å². The summed E-state index contributed by atoms with van der Waals surface area (Å²) in [5, 5.41) is 10.2. The fraction of sp³-hybridized carbons (Fsp3) is 0.433. The van der Waals surface area contributed by atoms with Crippen LogP contribution in [0, 0.1) is 6.92 Å². The van der Waals surface area contributed by atoms with Gasteiger partial charge in [-0.1, -0.05) is 37.4 Å². The Morgan fingerprint density at radius 2 is 1.46 bits per heavy atom. The van der Waals surface area contributed by atoms with Crippen LogP contribution in [0.25, 0.3) is 0 Å². The van der Waals surface area contributed by atoms with Gasteiger partial charge in [-0.2, -0.15) is 0 Å². The van der Waals surface area contributed by atoms with E-state index in [1.54, 1.807) is 13.0 Å². The van der Waals surface area contributed by atoms with E-state index in [1.165, 1.54) is 5.56 Å². The molecule has 2 N–H and O–H groups in total. The zero-order valence-corrected chi connectivity index (χ0v) is 24.9. The lowest BCUT2D eigenvalue weighted by molar-refractivity contribution is 0.0731. The molecule has 0 aliphatic carbocycles. The molecule has 0 saturated carbocycles. The highest BCUT2D eigenvalue weighted by Crippen LogP contribution is 2.30. The molecule has 5 rings (SSSR count). The van der Waals surface area contributed by atoms with Crippen molar-refractivity contribution in [3.8, 4) is 0 Å². The molecule has 41 heavy (non-hydrogen) atoms. The van der Waals surface area contributed by atoms with E-state index >= 15 is 0 Å². The summed E-state index contributed by atoms with van der Waals surface area (Å²) in [5.41, 5.74) is 4.36. The Balaban J connectivity index is 1.33. The number of carbonyl (C=O) groups is 3. The van der Waals surface area contributed by atoms with Crippen LogP contribution in [0.3, 0.4) is 0 Å². The molecule has 0 radical (unpaired) electrons. The molecule has 3 amide bonds. The van der Waals surface area contributed by atoms with Crippen LogP contribution in [0.5, 0.6) is 0 Å². The minimum Gasteiger partial charge on any atom is -0.366 e. The van der Waals surface area contributed by atoms with Crippen molar-refractivity contribution >= 4 is 40.6 Å². The lowest BCUT2D eigenvalue weighted by atomic mass is 9.86. The minimum atomic E-state index is -0.307. The number of aryl methyl sites for hydroxylation is 1. The average molecular weight is 576 g/mol. The van der Waals surface area contributed by atoms with Gasteiger partial charge in [-0.3, -0.25) is 14.4 Å². The largest absolute Gasteiger partial charge is 0.366 e. The monoisotopic (exact) mass is 575 g/mol. The molecule has 11 heteroatoms. The minimum absolute atomic E-state index is 0.0174. The van der Waals surface area contributed by atoms with Gasteiger partial charge in [0.15, 0.2) is 0 Å². The molecule has 0 atom stereocenters. The molecule has 3 heterocycles. The Labute approximate surface area is 244 Å². The van der Waals surface area contributed by atoms with E-state index in [9.17, 15) is 14.4 Å². The van der Waals surface area contributed by atoms with Crippen LogP contribution < -0.4 is 15.5 Å². The van der Waals surface area contributed by atoms with Crippen LogP contribution in [0.15, 0.2) is 42.5 Å². The SMILES string of the molecule is Cc1nnsc1C(=O)Nc1cc(C(=O)N2CCNCC2)ccc1N1CCN(C(=O)c2ccc(C(C)(C)C)cc2)CC1. The summed E-state index contributed by atoms with van der Waals surface area (Å²) in [6, 6.07) is 13.4. The number of anilines is 2. The van der Waals surface area contributed by atoms with Crippen molar-refractivity contribution < 1.29 is 14.4 Å². The highest BCUT2D eigenvalue weighted by Gasteiger charge is 2.27. The zero-order chi connectivity index (χ0) is 29.1. The Hall–Kier alpha value is -3.83. The number of hydrogen-bond donors (Lipinski definition) is 2. The molecule has 2 aromatic carbocycles. The number of benzene rings is 2. The van der Waals surface area contributed by atoms with E-state index < -0.39 is 0 Å². The normalized spacial score (nSPS) is 16.0. The molecule has 3 aromatic rings. The number of hydrogen-bond acceptors (Lipinski definition) is 8. The standard InChI is InChI=1S/C30H37N7O3S/c1-20-26(41-34-33-20)27(38)32-24-19-22(29(40)36-13-11-31-12-14-36)7-10-25(24)35-15-17-37(18-16-35)28(39)21-5-8-23(9-6-21)30(2,3)4/h5-10,19,31H,11-18H2,1-4H3,(H,32,38). The van der Waals surface area contributed by atoms with E-state index in [1.807, 2.05) is 46.2 Å². The molecule has 2 fully saturated rings. The average Bonchev–Trinajstić information content (AvgIpc) is 3.42. The maximum absolute atomic E-state index is 13.2. The van der Waals surface area contributed by atoms with Crippen LogP contribution >= 0.6 is 11.5 Å². The highest BCUT2D eigenvalue weighted by molar-refractivity contribution is 7.08. The Morgan fingerprint density at radius 3 is 2.07 bits per heavy atom. The first kappa shape index (κ1) is 28.7. The summed E-state index contributed by atoms with van der Waals surface area (Å²) >= 11 is 1.04. The van der Waals surface area contributed by atoms with Crippen LogP contribution in [-0.2, 0) is 5.41 Å². The third-order valence-corrected chi connectivity index (χ3v) is 8.49. The van der Waals surface area contributed by atoms with Gasteiger partial charge < -0.3 is 25.3 Å². The molecule has 2 aliphatic rings. The first-order valence-electron chi connectivity index (χ1n) is 14.0. The summed E-state index contributed by atoms with van der Waals surface area (Å²) in [7, 11) is 0. The summed E-state index contributed by atoms with van der Waals surface area (Å²) in [6.07, 6.45) is 0. The summed E-state index contributed by atoms with van der Waals surface area (Å²) in [5.74, 6) is -0.348. The van der Waals surface area contributed by atoms with Crippen molar-refractivity contribution in [3.05, 3.63) is 69.7 Å². The maximum Gasteiger partial charge on any atom is 0.269 e. The van der Waals surface area contributed by atoms with Crippen molar-refractivity contribution in [3.63, 3.8) is 0 Å².